The third-order valence-corrected chi connectivity index (χ3v) is 3.51. The van der Waals surface area contributed by atoms with E-state index in [0.717, 1.165) is 25.7 Å². The molecular weight excluding hydrogens is 216 g/mol. The van der Waals surface area contributed by atoms with Gasteiger partial charge in [-0.3, -0.25) is 9.59 Å². The van der Waals surface area contributed by atoms with Crippen LogP contribution in [-0.2, 0) is 9.59 Å². The van der Waals surface area contributed by atoms with Gasteiger partial charge in [-0.15, -0.1) is 0 Å². The average molecular weight is 240 g/mol. The van der Waals surface area contributed by atoms with Gasteiger partial charge in [0.05, 0.1) is 0 Å². The van der Waals surface area contributed by atoms with Gasteiger partial charge >= 0.3 is 0 Å². The second-order valence-corrected chi connectivity index (χ2v) is 6.45. The van der Waals surface area contributed by atoms with Gasteiger partial charge in [0.25, 0.3) is 0 Å². The quantitative estimate of drug-likeness (QED) is 0.731. The van der Waals surface area contributed by atoms with E-state index in [-0.39, 0.29) is 22.8 Å². The van der Waals surface area contributed by atoms with Crippen molar-refractivity contribution in [3.05, 3.63) is 0 Å². The molecule has 0 heterocycles. The highest BCUT2D eigenvalue weighted by Crippen LogP contribution is 2.45. The number of carbonyl (C=O) groups is 2. The first-order chi connectivity index (χ1) is 7.76. The molecule has 4 nitrogen and oxygen atoms in total. The highest BCUT2D eigenvalue weighted by molar-refractivity contribution is 5.72. The van der Waals surface area contributed by atoms with Crippen molar-refractivity contribution >= 4 is 12.3 Å². The molecule has 0 radical (unpaired) electrons. The smallest absolute Gasteiger partial charge is 0.216 e. The minimum absolute atomic E-state index is 0.00880. The number of carbonyl (C=O) groups excluding carboxylic acids is 2. The summed E-state index contributed by atoms with van der Waals surface area (Å²) in [5.74, 6) is 0.00880. The Morgan fingerprint density at radius 3 is 2.53 bits per heavy atom. The van der Waals surface area contributed by atoms with Crippen LogP contribution >= 0.6 is 0 Å². The number of hydrogen-bond acceptors (Lipinski definition) is 2. The Morgan fingerprint density at radius 1 is 1.35 bits per heavy atom. The molecule has 0 saturated heterocycles. The van der Waals surface area contributed by atoms with Gasteiger partial charge in [-0.1, -0.05) is 20.8 Å². The fourth-order valence-corrected chi connectivity index (χ4v) is 3.32. The van der Waals surface area contributed by atoms with E-state index in [9.17, 15) is 9.59 Å². The second-order valence-electron chi connectivity index (χ2n) is 6.45. The summed E-state index contributed by atoms with van der Waals surface area (Å²) in [5, 5.41) is 5.79. The molecule has 1 aliphatic rings. The maximum atomic E-state index is 11.0. The van der Waals surface area contributed by atoms with Crippen LogP contribution in [0.5, 0.6) is 0 Å². The lowest BCUT2D eigenvalue weighted by Crippen LogP contribution is -2.48. The van der Waals surface area contributed by atoms with E-state index >= 15 is 0 Å². The van der Waals surface area contributed by atoms with Crippen molar-refractivity contribution in [3.63, 3.8) is 0 Å². The molecule has 1 rings (SSSR count). The van der Waals surface area contributed by atoms with E-state index in [1.807, 2.05) is 0 Å². The van der Waals surface area contributed by atoms with E-state index in [1.165, 1.54) is 0 Å². The Balaban J connectivity index is 2.69. The lowest BCUT2D eigenvalue weighted by Gasteiger charge is -2.46. The molecule has 0 aromatic heterocycles. The minimum atomic E-state index is 0.00880. The Labute approximate surface area is 104 Å². The first kappa shape index (κ1) is 14.0. The van der Waals surface area contributed by atoms with Crippen molar-refractivity contribution < 1.29 is 9.59 Å². The second kappa shape index (κ2) is 5.07. The van der Waals surface area contributed by atoms with E-state index in [1.54, 1.807) is 6.92 Å². The molecule has 1 fully saturated rings. The van der Waals surface area contributed by atoms with Crippen LogP contribution in [0.3, 0.4) is 0 Å². The van der Waals surface area contributed by atoms with Gasteiger partial charge in [-0.25, -0.2) is 0 Å². The van der Waals surface area contributed by atoms with Gasteiger partial charge in [0.1, 0.15) is 0 Å². The molecule has 1 saturated carbocycles. The molecule has 2 amide bonds. The molecular formula is C13H24N2O2. The van der Waals surface area contributed by atoms with E-state index < -0.39 is 0 Å². The third kappa shape index (κ3) is 4.36. The fourth-order valence-electron chi connectivity index (χ4n) is 3.32. The summed E-state index contributed by atoms with van der Waals surface area (Å²) >= 11 is 0. The number of rotatable bonds is 4. The minimum Gasteiger partial charge on any atom is -0.356 e. The van der Waals surface area contributed by atoms with Crippen LogP contribution in [0.1, 0.15) is 47.0 Å². The molecule has 4 heteroatoms. The standard InChI is InChI=1S/C13H24N2O2/c1-10(17)14-8-13(4)6-11(15-9-16)5-12(2,3)7-13/h9,11H,5-8H2,1-4H3,(H,14,17)(H,15,16). The lowest BCUT2D eigenvalue weighted by molar-refractivity contribution is -0.120. The zero-order valence-electron chi connectivity index (χ0n) is 11.3. The summed E-state index contributed by atoms with van der Waals surface area (Å²) in [6, 6.07) is 0.218. The summed E-state index contributed by atoms with van der Waals surface area (Å²) in [6.45, 7) is 8.85. The summed E-state index contributed by atoms with van der Waals surface area (Å²) in [5.41, 5.74) is 0.264. The Hall–Kier alpha value is -1.06. The van der Waals surface area contributed by atoms with Crippen molar-refractivity contribution in [2.24, 2.45) is 10.8 Å². The molecule has 0 aromatic rings. The molecule has 0 bridgehead atoms. The highest BCUT2D eigenvalue weighted by atomic mass is 16.1. The monoisotopic (exact) mass is 240 g/mol. The van der Waals surface area contributed by atoms with Gasteiger partial charge in [-0.05, 0) is 30.1 Å². The van der Waals surface area contributed by atoms with Crippen LogP contribution < -0.4 is 10.6 Å². The van der Waals surface area contributed by atoms with Gasteiger partial charge in [0, 0.05) is 19.5 Å². The molecule has 2 atom stereocenters. The Bertz CT molecular complexity index is 302. The van der Waals surface area contributed by atoms with Crippen molar-refractivity contribution in [2.45, 2.75) is 53.0 Å². The topological polar surface area (TPSA) is 58.2 Å². The van der Waals surface area contributed by atoms with Crippen LogP contribution in [-0.4, -0.2) is 24.9 Å². The maximum absolute atomic E-state index is 11.0. The van der Waals surface area contributed by atoms with Crippen LogP contribution in [0, 0.1) is 10.8 Å². The van der Waals surface area contributed by atoms with Crippen LogP contribution in [0.25, 0.3) is 0 Å². The molecule has 0 aliphatic heterocycles. The van der Waals surface area contributed by atoms with Crippen LogP contribution in [0.4, 0.5) is 0 Å². The summed E-state index contributed by atoms with van der Waals surface area (Å²) in [4.78, 5) is 21.6. The third-order valence-electron chi connectivity index (χ3n) is 3.51. The first-order valence-corrected chi connectivity index (χ1v) is 6.20. The molecule has 17 heavy (non-hydrogen) atoms. The Kier molecular flexibility index (Phi) is 4.17. The molecule has 0 spiro atoms. The molecule has 1 aliphatic carbocycles. The number of hydrogen-bond donors (Lipinski definition) is 2. The fraction of sp³-hybridized carbons (Fsp3) is 0.846. The zero-order valence-corrected chi connectivity index (χ0v) is 11.3. The predicted molar refractivity (Wildman–Crippen MR) is 67.4 cm³/mol. The van der Waals surface area contributed by atoms with E-state index in [2.05, 4.69) is 31.4 Å². The number of nitrogens with one attached hydrogen (secondary N) is 2. The molecule has 2 unspecified atom stereocenters. The lowest BCUT2D eigenvalue weighted by atomic mass is 9.62. The Morgan fingerprint density at radius 2 is 2.00 bits per heavy atom. The van der Waals surface area contributed by atoms with Crippen LogP contribution in [0.15, 0.2) is 0 Å². The summed E-state index contributed by atoms with van der Waals surface area (Å²) in [7, 11) is 0. The van der Waals surface area contributed by atoms with Gasteiger partial charge in [0.2, 0.25) is 12.3 Å². The van der Waals surface area contributed by atoms with Gasteiger partial charge in [0.15, 0.2) is 0 Å². The average Bonchev–Trinajstić information content (AvgIpc) is 2.12. The highest BCUT2D eigenvalue weighted by Gasteiger charge is 2.41. The predicted octanol–water partition coefficient (Wildman–Crippen LogP) is 1.45. The van der Waals surface area contributed by atoms with E-state index in [0.29, 0.717) is 6.54 Å². The molecule has 98 valence electrons. The first-order valence-electron chi connectivity index (χ1n) is 6.20. The van der Waals surface area contributed by atoms with Gasteiger partial charge < -0.3 is 10.6 Å². The van der Waals surface area contributed by atoms with E-state index in [4.69, 9.17) is 0 Å². The normalized spacial score (nSPS) is 31.6. The zero-order chi connectivity index (χ0) is 13.1. The van der Waals surface area contributed by atoms with Crippen molar-refractivity contribution in [1.29, 1.82) is 0 Å². The largest absolute Gasteiger partial charge is 0.356 e. The van der Waals surface area contributed by atoms with Crippen molar-refractivity contribution in [2.75, 3.05) is 6.54 Å². The SMILES string of the molecule is CC(=O)NCC1(C)CC(NC=O)CC(C)(C)C1. The maximum Gasteiger partial charge on any atom is 0.216 e. The summed E-state index contributed by atoms with van der Waals surface area (Å²) < 4.78 is 0. The molecule has 0 aromatic carbocycles. The molecule has 2 N–H and O–H groups in total. The van der Waals surface area contributed by atoms with Crippen molar-refractivity contribution in [1.82, 2.24) is 10.6 Å². The number of amides is 2. The van der Waals surface area contributed by atoms with Gasteiger partial charge in [-0.2, -0.15) is 0 Å². The summed E-state index contributed by atoms with van der Waals surface area (Å²) in [6.07, 6.45) is 3.78. The van der Waals surface area contributed by atoms with Crippen LogP contribution in [0.2, 0.25) is 0 Å². The van der Waals surface area contributed by atoms with Crippen molar-refractivity contribution in [3.8, 4) is 0 Å².